The summed E-state index contributed by atoms with van der Waals surface area (Å²) in [4.78, 5) is 27.5. The minimum atomic E-state index is -0.298. The molecule has 0 aliphatic heterocycles. The third kappa shape index (κ3) is 2.92. The van der Waals surface area contributed by atoms with Gasteiger partial charge in [-0.15, -0.1) is 11.3 Å². The van der Waals surface area contributed by atoms with Crippen molar-refractivity contribution in [2.75, 3.05) is 12.9 Å². The van der Waals surface area contributed by atoms with Gasteiger partial charge in [-0.2, -0.15) is 0 Å². The Balaban J connectivity index is 2.14. The van der Waals surface area contributed by atoms with Gasteiger partial charge >= 0.3 is 5.97 Å². The van der Waals surface area contributed by atoms with E-state index in [0.29, 0.717) is 23.8 Å². The number of aldehydes is 1. The summed E-state index contributed by atoms with van der Waals surface area (Å²) in [6.45, 7) is 2.16. The lowest BCUT2D eigenvalue weighted by Crippen LogP contribution is -2.06. The van der Waals surface area contributed by atoms with Crippen molar-refractivity contribution in [3.05, 3.63) is 10.6 Å². The first kappa shape index (κ1) is 13.5. The van der Waals surface area contributed by atoms with E-state index in [1.807, 2.05) is 6.26 Å². The highest BCUT2D eigenvalue weighted by atomic mass is 32.2. The predicted octanol–water partition coefficient (Wildman–Crippen LogP) is 2.42. The van der Waals surface area contributed by atoms with Crippen molar-refractivity contribution < 1.29 is 14.3 Å². The number of carbonyl (C=O) groups excluding carboxylic acids is 2. The third-order valence-electron chi connectivity index (χ3n) is 2.92. The number of hydrogen-bond acceptors (Lipinski definition) is 6. The van der Waals surface area contributed by atoms with Gasteiger partial charge < -0.3 is 9.53 Å². The molecule has 0 saturated heterocycles. The number of thioether (sulfide) groups is 1. The molecular weight excluding hydrogens is 270 g/mol. The smallest absolute Gasteiger partial charge is 0.350 e. The largest absolute Gasteiger partial charge is 0.462 e. The van der Waals surface area contributed by atoms with Crippen molar-refractivity contribution in [3.8, 4) is 0 Å². The van der Waals surface area contributed by atoms with Crippen LogP contribution in [0.15, 0.2) is 4.34 Å². The molecule has 4 nitrogen and oxygen atoms in total. The second kappa shape index (κ2) is 5.84. The van der Waals surface area contributed by atoms with E-state index in [1.54, 1.807) is 6.92 Å². The summed E-state index contributed by atoms with van der Waals surface area (Å²) < 4.78 is 5.91. The Kier molecular flexibility index (Phi) is 4.40. The average molecular weight is 285 g/mol. The van der Waals surface area contributed by atoms with Crippen LogP contribution in [-0.4, -0.2) is 30.1 Å². The predicted molar refractivity (Wildman–Crippen MR) is 71.2 cm³/mol. The Morgan fingerprint density at radius 3 is 3.00 bits per heavy atom. The minimum Gasteiger partial charge on any atom is -0.462 e. The Hall–Kier alpha value is -0.880. The second-order valence-electron chi connectivity index (χ2n) is 4.18. The van der Waals surface area contributed by atoms with Gasteiger partial charge in [0.15, 0.2) is 4.34 Å². The maximum Gasteiger partial charge on any atom is 0.350 e. The zero-order valence-corrected chi connectivity index (χ0v) is 12.0. The maximum atomic E-state index is 11.8. The minimum absolute atomic E-state index is 0.152. The van der Waals surface area contributed by atoms with E-state index in [0.717, 1.165) is 22.7 Å². The number of aromatic nitrogens is 1. The van der Waals surface area contributed by atoms with Crippen LogP contribution in [0.3, 0.4) is 0 Å². The molecule has 0 bridgehead atoms. The van der Waals surface area contributed by atoms with E-state index in [9.17, 15) is 9.59 Å². The molecule has 6 heteroatoms. The topological polar surface area (TPSA) is 56.3 Å². The molecule has 18 heavy (non-hydrogen) atoms. The van der Waals surface area contributed by atoms with Crippen LogP contribution in [0.2, 0.25) is 0 Å². The molecule has 98 valence electrons. The van der Waals surface area contributed by atoms with Crippen molar-refractivity contribution in [1.29, 1.82) is 0 Å². The van der Waals surface area contributed by atoms with E-state index < -0.39 is 0 Å². The summed E-state index contributed by atoms with van der Waals surface area (Å²) >= 11 is 2.90. The van der Waals surface area contributed by atoms with Crippen LogP contribution >= 0.6 is 23.1 Å². The molecule has 2 rings (SSSR count). The zero-order valence-electron chi connectivity index (χ0n) is 10.3. The fraction of sp³-hybridized carbons (Fsp3) is 0.583. The summed E-state index contributed by atoms with van der Waals surface area (Å²) in [5.74, 6) is 0.209. The lowest BCUT2D eigenvalue weighted by molar-refractivity contribution is -0.109. The Labute approximate surface area is 114 Å². The Morgan fingerprint density at radius 1 is 1.67 bits per heavy atom. The summed E-state index contributed by atoms with van der Waals surface area (Å²) in [6, 6.07) is 0. The maximum absolute atomic E-state index is 11.8. The van der Waals surface area contributed by atoms with Gasteiger partial charge in [0.1, 0.15) is 11.2 Å². The number of rotatable bonds is 6. The summed E-state index contributed by atoms with van der Waals surface area (Å²) in [5.41, 5.74) is 0.789. The van der Waals surface area contributed by atoms with E-state index in [1.165, 1.54) is 23.1 Å². The van der Waals surface area contributed by atoms with Crippen LogP contribution in [0, 0.1) is 11.8 Å². The highest BCUT2D eigenvalue weighted by Gasteiger charge is 2.38. The highest BCUT2D eigenvalue weighted by Crippen LogP contribution is 2.40. The standard InChI is InChI=1S/C12H15NO3S2/c1-3-16-11(15)10-9(13-12(17-2)18-10)5-7-4-8(7)6-14/h6-8H,3-5H2,1-2H3/t7-,8?/m0/s1. The first-order chi connectivity index (χ1) is 8.69. The molecule has 1 saturated carbocycles. The first-order valence-electron chi connectivity index (χ1n) is 5.85. The second-order valence-corrected chi connectivity index (χ2v) is 6.23. The van der Waals surface area contributed by atoms with Crippen LogP contribution in [0.1, 0.15) is 28.7 Å². The number of nitrogens with zero attached hydrogens (tertiary/aromatic N) is 1. The quantitative estimate of drug-likeness (QED) is 0.456. The SMILES string of the molecule is CCOC(=O)c1sc(SC)nc1C[C@@H]1CC1C=O. The zero-order chi connectivity index (χ0) is 13.1. The van der Waals surface area contributed by atoms with E-state index in [4.69, 9.17) is 4.74 Å². The number of thiazole rings is 1. The van der Waals surface area contributed by atoms with Gasteiger partial charge in [-0.1, -0.05) is 11.8 Å². The van der Waals surface area contributed by atoms with Crippen LogP contribution in [0.5, 0.6) is 0 Å². The molecule has 0 aromatic carbocycles. The number of ether oxygens (including phenoxy) is 1. The monoisotopic (exact) mass is 285 g/mol. The van der Waals surface area contributed by atoms with Gasteiger partial charge in [0, 0.05) is 5.92 Å². The van der Waals surface area contributed by atoms with Gasteiger partial charge in [0.2, 0.25) is 0 Å². The number of carbonyl (C=O) groups is 2. The molecule has 1 unspecified atom stereocenters. The third-order valence-corrected chi connectivity index (χ3v) is 4.98. The molecule has 1 aromatic rings. The van der Waals surface area contributed by atoms with E-state index >= 15 is 0 Å². The number of esters is 1. The summed E-state index contributed by atoms with van der Waals surface area (Å²) in [7, 11) is 0. The molecule has 0 radical (unpaired) electrons. The molecule has 1 aliphatic carbocycles. The first-order valence-corrected chi connectivity index (χ1v) is 7.89. The summed E-state index contributed by atoms with van der Waals surface area (Å²) in [6.07, 6.45) is 4.55. The van der Waals surface area contributed by atoms with Gasteiger partial charge in [0.05, 0.1) is 12.3 Å². The van der Waals surface area contributed by atoms with Crippen molar-refractivity contribution >= 4 is 35.4 Å². The fourth-order valence-corrected chi connectivity index (χ4v) is 3.34. The Bertz CT molecular complexity index is 458. The van der Waals surface area contributed by atoms with Gasteiger partial charge in [0.25, 0.3) is 0 Å². The van der Waals surface area contributed by atoms with Gasteiger partial charge in [-0.25, -0.2) is 9.78 Å². The lowest BCUT2D eigenvalue weighted by atomic mass is 10.2. The van der Waals surface area contributed by atoms with Crippen LogP contribution in [-0.2, 0) is 16.0 Å². The van der Waals surface area contributed by atoms with Crippen LogP contribution in [0.4, 0.5) is 0 Å². The lowest BCUT2D eigenvalue weighted by Gasteiger charge is -2.01. The number of hydrogen-bond donors (Lipinski definition) is 0. The molecule has 0 spiro atoms. The molecule has 1 heterocycles. The molecule has 1 aliphatic rings. The van der Waals surface area contributed by atoms with Crippen LogP contribution < -0.4 is 0 Å². The molecule has 2 atom stereocenters. The van der Waals surface area contributed by atoms with Gasteiger partial charge in [-0.3, -0.25) is 0 Å². The Morgan fingerprint density at radius 2 is 2.44 bits per heavy atom. The molecule has 0 amide bonds. The van der Waals surface area contributed by atoms with Gasteiger partial charge in [-0.05, 0) is 31.9 Å². The average Bonchev–Trinajstić information content (AvgIpc) is 2.98. The van der Waals surface area contributed by atoms with E-state index in [2.05, 4.69) is 4.98 Å². The van der Waals surface area contributed by atoms with Crippen molar-refractivity contribution in [1.82, 2.24) is 4.98 Å². The molecule has 0 N–H and O–H groups in total. The molecular formula is C12H15NO3S2. The normalized spacial score (nSPS) is 21.7. The molecule has 1 aromatic heterocycles. The molecule has 1 fully saturated rings. The van der Waals surface area contributed by atoms with Crippen molar-refractivity contribution in [3.63, 3.8) is 0 Å². The highest BCUT2D eigenvalue weighted by molar-refractivity contribution is 8.00. The van der Waals surface area contributed by atoms with E-state index in [-0.39, 0.29) is 11.9 Å². The van der Waals surface area contributed by atoms with Crippen molar-refractivity contribution in [2.45, 2.75) is 24.1 Å². The van der Waals surface area contributed by atoms with Crippen LogP contribution in [0.25, 0.3) is 0 Å². The summed E-state index contributed by atoms with van der Waals surface area (Å²) in [5, 5.41) is 0. The fourth-order valence-electron chi connectivity index (χ4n) is 1.83. The van der Waals surface area contributed by atoms with Crippen molar-refractivity contribution in [2.24, 2.45) is 11.8 Å².